The summed E-state index contributed by atoms with van der Waals surface area (Å²) in [6, 6.07) is -0.319. The number of rotatable bonds is 5. The molecule has 0 saturated carbocycles. The Morgan fingerprint density at radius 3 is 2.70 bits per heavy atom. The summed E-state index contributed by atoms with van der Waals surface area (Å²) >= 11 is 0. The second-order valence-corrected chi connectivity index (χ2v) is 4.78. The van der Waals surface area contributed by atoms with Gasteiger partial charge in [-0.05, 0) is 20.8 Å². The fourth-order valence-corrected chi connectivity index (χ4v) is 1.73. The Kier molecular flexibility index (Phi) is 4.02. The zero-order valence-electron chi connectivity index (χ0n) is 12.0. The number of fused-ring (bicyclic) bond motifs is 1. The summed E-state index contributed by atoms with van der Waals surface area (Å²) in [6.45, 7) is 5.62. The SMILES string of the molecule is CNc1nc(NC(C)C(=O)NC(C)C)c2[nH]cnc2n1. The molecule has 2 rings (SSSR count). The molecule has 1 atom stereocenters. The fourth-order valence-electron chi connectivity index (χ4n) is 1.73. The molecule has 8 heteroatoms. The van der Waals surface area contributed by atoms with Gasteiger partial charge in [0.15, 0.2) is 11.5 Å². The number of H-pyrrole nitrogens is 1. The number of aromatic amines is 1. The molecule has 2 heterocycles. The molecule has 0 radical (unpaired) electrons. The molecule has 0 fully saturated rings. The second kappa shape index (κ2) is 5.72. The average Bonchev–Trinajstić information content (AvgIpc) is 2.86. The number of amides is 1. The third kappa shape index (κ3) is 2.95. The summed E-state index contributed by atoms with van der Waals surface area (Å²) in [5.74, 6) is 0.907. The second-order valence-electron chi connectivity index (χ2n) is 4.78. The smallest absolute Gasteiger partial charge is 0.242 e. The lowest BCUT2D eigenvalue weighted by Gasteiger charge is -2.17. The van der Waals surface area contributed by atoms with Gasteiger partial charge >= 0.3 is 0 Å². The maximum Gasteiger partial charge on any atom is 0.242 e. The van der Waals surface area contributed by atoms with E-state index in [4.69, 9.17) is 0 Å². The summed E-state index contributed by atoms with van der Waals surface area (Å²) in [5.41, 5.74) is 1.22. The number of nitrogens with one attached hydrogen (secondary N) is 4. The first-order valence-corrected chi connectivity index (χ1v) is 6.47. The minimum absolute atomic E-state index is 0.0858. The van der Waals surface area contributed by atoms with Crippen molar-refractivity contribution in [3.05, 3.63) is 6.33 Å². The third-order valence-corrected chi connectivity index (χ3v) is 2.69. The van der Waals surface area contributed by atoms with E-state index in [0.717, 1.165) is 0 Å². The van der Waals surface area contributed by atoms with Gasteiger partial charge in [-0.1, -0.05) is 0 Å². The van der Waals surface area contributed by atoms with Crippen LogP contribution in [0.5, 0.6) is 0 Å². The average molecular weight is 277 g/mol. The zero-order chi connectivity index (χ0) is 14.7. The molecule has 0 aliphatic rings. The lowest BCUT2D eigenvalue weighted by atomic mass is 10.2. The molecule has 20 heavy (non-hydrogen) atoms. The molecule has 1 amide bonds. The Balaban J connectivity index is 2.24. The molecule has 0 spiro atoms. The highest BCUT2D eigenvalue weighted by Gasteiger charge is 2.17. The molecule has 2 aromatic rings. The van der Waals surface area contributed by atoms with Crippen molar-refractivity contribution in [1.82, 2.24) is 25.3 Å². The first-order chi connectivity index (χ1) is 9.51. The van der Waals surface area contributed by atoms with Gasteiger partial charge in [-0.25, -0.2) is 4.98 Å². The third-order valence-electron chi connectivity index (χ3n) is 2.69. The van der Waals surface area contributed by atoms with Gasteiger partial charge in [0, 0.05) is 13.1 Å². The van der Waals surface area contributed by atoms with Gasteiger partial charge < -0.3 is 20.9 Å². The molecule has 0 aliphatic heterocycles. The van der Waals surface area contributed by atoms with E-state index < -0.39 is 6.04 Å². The number of hydrogen-bond acceptors (Lipinski definition) is 6. The highest BCUT2D eigenvalue weighted by Crippen LogP contribution is 2.19. The van der Waals surface area contributed by atoms with Gasteiger partial charge in [-0.3, -0.25) is 4.79 Å². The van der Waals surface area contributed by atoms with Crippen LogP contribution in [0.2, 0.25) is 0 Å². The quantitative estimate of drug-likeness (QED) is 0.641. The maximum atomic E-state index is 11.9. The Hall–Kier alpha value is -2.38. The van der Waals surface area contributed by atoms with Crippen LogP contribution in [0, 0.1) is 0 Å². The monoisotopic (exact) mass is 277 g/mol. The first-order valence-electron chi connectivity index (χ1n) is 6.47. The normalized spacial score (nSPS) is 12.4. The van der Waals surface area contributed by atoms with Gasteiger partial charge in [-0.15, -0.1) is 0 Å². The van der Waals surface area contributed by atoms with Gasteiger partial charge in [0.1, 0.15) is 11.6 Å². The summed E-state index contributed by atoms with van der Waals surface area (Å²) < 4.78 is 0. The maximum absolute atomic E-state index is 11.9. The van der Waals surface area contributed by atoms with Gasteiger partial charge in [0.05, 0.1) is 6.33 Å². The zero-order valence-corrected chi connectivity index (χ0v) is 12.0. The Morgan fingerprint density at radius 1 is 1.30 bits per heavy atom. The number of anilines is 2. The molecule has 2 aromatic heterocycles. The lowest BCUT2D eigenvalue weighted by molar-refractivity contribution is -0.122. The van der Waals surface area contributed by atoms with E-state index in [1.807, 2.05) is 13.8 Å². The van der Waals surface area contributed by atoms with E-state index in [1.54, 1.807) is 20.3 Å². The standard InChI is InChI=1S/C12H19N7O/c1-6(2)16-11(20)7(3)17-10-8-9(15-5-14-8)18-12(13-4)19-10/h5-7H,1-4H3,(H,16,20)(H3,13,14,15,17,18,19). The molecule has 0 aromatic carbocycles. The molecule has 0 aliphatic carbocycles. The summed E-state index contributed by atoms with van der Waals surface area (Å²) in [7, 11) is 1.73. The van der Waals surface area contributed by atoms with Crippen molar-refractivity contribution in [2.75, 3.05) is 17.7 Å². The molecular formula is C12H19N7O. The fraction of sp³-hybridized carbons (Fsp3) is 0.500. The largest absolute Gasteiger partial charge is 0.357 e. The number of hydrogen-bond donors (Lipinski definition) is 4. The van der Waals surface area contributed by atoms with Gasteiger partial charge in [0.25, 0.3) is 0 Å². The van der Waals surface area contributed by atoms with Crippen LogP contribution >= 0.6 is 0 Å². The van der Waals surface area contributed by atoms with Crippen molar-refractivity contribution in [3.63, 3.8) is 0 Å². The summed E-state index contributed by atoms with van der Waals surface area (Å²) in [5, 5.41) is 8.79. The van der Waals surface area contributed by atoms with Crippen LogP contribution in [-0.4, -0.2) is 45.0 Å². The van der Waals surface area contributed by atoms with Crippen molar-refractivity contribution >= 4 is 28.8 Å². The predicted molar refractivity (Wildman–Crippen MR) is 77.6 cm³/mol. The van der Waals surface area contributed by atoms with Crippen LogP contribution in [0.4, 0.5) is 11.8 Å². The van der Waals surface area contributed by atoms with Crippen LogP contribution in [0.15, 0.2) is 6.33 Å². The molecule has 108 valence electrons. The topological polar surface area (TPSA) is 108 Å². The minimum atomic E-state index is -0.413. The summed E-state index contributed by atoms with van der Waals surface area (Å²) in [4.78, 5) is 27.5. The van der Waals surface area contributed by atoms with E-state index in [-0.39, 0.29) is 11.9 Å². The van der Waals surface area contributed by atoms with Crippen molar-refractivity contribution in [2.45, 2.75) is 32.9 Å². The van der Waals surface area contributed by atoms with Crippen LogP contribution in [0.1, 0.15) is 20.8 Å². The highest BCUT2D eigenvalue weighted by molar-refractivity contribution is 5.89. The predicted octanol–water partition coefficient (Wildman–Crippen LogP) is 0.720. The Morgan fingerprint density at radius 2 is 2.05 bits per heavy atom. The van der Waals surface area contributed by atoms with E-state index in [1.165, 1.54) is 0 Å². The van der Waals surface area contributed by atoms with Gasteiger partial charge in [-0.2, -0.15) is 9.97 Å². The number of nitrogens with zero attached hydrogens (tertiary/aromatic N) is 3. The van der Waals surface area contributed by atoms with Crippen LogP contribution in [0.3, 0.4) is 0 Å². The number of imidazole rings is 1. The Bertz CT molecular complexity index is 607. The van der Waals surface area contributed by atoms with E-state index in [0.29, 0.717) is 22.9 Å². The number of carbonyl (C=O) groups is 1. The van der Waals surface area contributed by atoms with Crippen LogP contribution in [-0.2, 0) is 4.79 Å². The molecular weight excluding hydrogens is 258 g/mol. The number of carbonyl (C=O) groups excluding carboxylic acids is 1. The minimum Gasteiger partial charge on any atom is -0.357 e. The van der Waals surface area contributed by atoms with Crippen molar-refractivity contribution in [2.24, 2.45) is 0 Å². The van der Waals surface area contributed by atoms with E-state index in [9.17, 15) is 4.79 Å². The molecule has 0 saturated heterocycles. The molecule has 8 nitrogen and oxygen atoms in total. The van der Waals surface area contributed by atoms with Crippen molar-refractivity contribution in [1.29, 1.82) is 0 Å². The van der Waals surface area contributed by atoms with Crippen molar-refractivity contribution < 1.29 is 4.79 Å². The molecule has 0 bridgehead atoms. The summed E-state index contributed by atoms with van der Waals surface area (Å²) in [6.07, 6.45) is 1.54. The number of aromatic nitrogens is 4. The van der Waals surface area contributed by atoms with E-state index >= 15 is 0 Å². The molecule has 4 N–H and O–H groups in total. The van der Waals surface area contributed by atoms with Crippen LogP contribution < -0.4 is 16.0 Å². The lowest BCUT2D eigenvalue weighted by Crippen LogP contribution is -2.41. The van der Waals surface area contributed by atoms with Gasteiger partial charge in [0.2, 0.25) is 11.9 Å². The highest BCUT2D eigenvalue weighted by atomic mass is 16.2. The van der Waals surface area contributed by atoms with Crippen molar-refractivity contribution in [3.8, 4) is 0 Å². The van der Waals surface area contributed by atoms with Crippen LogP contribution in [0.25, 0.3) is 11.2 Å². The van der Waals surface area contributed by atoms with E-state index in [2.05, 4.69) is 35.9 Å². The first kappa shape index (κ1) is 14.0. The molecule has 1 unspecified atom stereocenters. The Labute approximate surface area is 116 Å².